The first-order chi connectivity index (χ1) is 9.29. The second-order valence-corrected chi connectivity index (χ2v) is 6.76. The Hall–Kier alpha value is -1.22. The summed E-state index contributed by atoms with van der Waals surface area (Å²) in [5, 5.41) is -0.555. The lowest BCUT2D eigenvalue weighted by molar-refractivity contribution is -0.119. The minimum atomic E-state index is -0.555. The van der Waals surface area contributed by atoms with E-state index in [-0.39, 0.29) is 11.4 Å². The van der Waals surface area contributed by atoms with Gasteiger partial charge in [-0.25, -0.2) is 0 Å². The maximum atomic E-state index is 12.6. The highest BCUT2D eigenvalue weighted by atomic mass is 35.5. The molecule has 1 aromatic rings. The fourth-order valence-corrected chi connectivity index (χ4v) is 3.28. The number of methoxy groups -OCH3 is 1. The van der Waals surface area contributed by atoms with Crippen LogP contribution in [-0.4, -0.2) is 23.9 Å². The molecule has 0 N–H and O–H groups in total. The van der Waals surface area contributed by atoms with Crippen LogP contribution in [0.1, 0.15) is 45.6 Å². The minimum absolute atomic E-state index is 0.0747. The Morgan fingerprint density at radius 1 is 1.50 bits per heavy atom. The van der Waals surface area contributed by atoms with Crippen LogP contribution in [-0.2, 0) is 4.79 Å². The number of carbonyl (C=O) groups excluding carboxylic acids is 1. The van der Waals surface area contributed by atoms with Gasteiger partial charge < -0.3 is 9.64 Å². The first kappa shape index (κ1) is 15.2. The van der Waals surface area contributed by atoms with Gasteiger partial charge in [-0.15, -0.1) is 11.6 Å². The highest BCUT2D eigenvalue weighted by molar-refractivity contribution is 6.32. The Bertz CT molecular complexity index is 525. The number of fused-ring (bicyclic) bond motifs is 1. The zero-order valence-corrected chi connectivity index (χ0v) is 13.5. The summed E-state index contributed by atoms with van der Waals surface area (Å²) in [4.78, 5) is 14.4. The van der Waals surface area contributed by atoms with Crippen molar-refractivity contribution in [3.05, 3.63) is 23.8 Å². The van der Waals surface area contributed by atoms with E-state index in [0.717, 1.165) is 23.4 Å². The number of alkyl halides is 1. The van der Waals surface area contributed by atoms with Crippen molar-refractivity contribution in [2.24, 2.45) is 0 Å². The molecule has 0 radical (unpaired) electrons. The summed E-state index contributed by atoms with van der Waals surface area (Å²) in [5.74, 6) is 1.03. The third kappa shape index (κ3) is 2.39. The van der Waals surface area contributed by atoms with E-state index in [4.69, 9.17) is 16.3 Å². The quantitative estimate of drug-likeness (QED) is 0.773. The molecular weight excluding hydrogens is 274 g/mol. The first-order valence-corrected chi connectivity index (χ1v) is 7.38. The van der Waals surface area contributed by atoms with Gasteiger partial charge in [-0.1, -0.05) is 19.1 Å². The van der Waals surface area contributed by atoms with E-state index in [2.05, 4.69) is 26.8 Å². The monoisotopic (exact) mass is 295 g/mol. The van der Waals surface area contributed by atoms with Crippen molar-refractivity contribution in [2.45, 2.75) is 50.9 Å². The number of hydrogen-bond donors (Lipinski definition) is 0. The van der Waals surface area contributed by atoms with Crippen LogP contribution in [0.15, 0.2) is 18.2 Å². The number of amides is 1. The van der Waals surface area contributed by atoms with Crippen LogP contribution in [0.4, 0.5) is 5.69 Å². The van der Waals surface area contributed by atoms with E-state index < -0.39 is 5.38 Å². The van der Waals surface area contributed by atoms with E-state index in [1.165, 1.54) is 0 Å². The van der Waals surface area contributed by atoms with Crippen LogP contribution < -0.4 is 9.64 Å². The smallest absolute Gasteiger partial charge is 0.245 e. The Morgan fingerprint density at radius 3 is 2.70 bits per heavy atom. The number of halogens is 1. The Labute approximate surface area is 125 Å². The molecule has 0 saturated carbocycles. The number of ether oxygens (including phenoxy) is 1. The predicted octanol–water partition coefficient (Wildman–Crippen LogP) is 3.94. The number of carbonyl (C=O) groups is 1. The summed E-state index contributed by atoms with van der Waals surface area (Å²) >= 11 is 6.06. The Morgan fingerprint density at radius 2 is 2.15 bits per heavy atom. The maximum absolute atomic E-state index is 12.6. The standard InChI is InChI=1S/C16H22ClNO2/c1-10-9-16(3,4)18(15(19)11(2)17)14-12(10)7-6-8-13(14)20-5/h6-8,10-11H,9H2,1-5H3/t10-,11-/m1/s1. The van der Waals surface area contributed by atoms with Crippen LogP contribution >= 0.6 is 11.6 Å². The topological polar surface area (TPSA) is 29.5 Å². The first-order valence-electron chi connectivity index (χ1n) is 6.94. The van der Waals surface area contributed by atoms with Gasteiger partial charge in [-0.05, 0) is 44.7 Å². The summed E-state index contributed by atoms with van der Waals surface area (Å²) in [5.41, 5.74) is 1.74. The van der Waals surface area contributed by atoms with Gasteiger partial charge in [0.2, 0.25) is 5.91 Å². The average molecular weight is 296 g/mol. The molecule has 1 aliphatic heterocycles. The van der Waals surface area contributed by atoms with Gasteiger partial charge in [0.25, 0.3) is 0 Å². The van der Waals surface area contributed by atoms with E-state index in [0.29, 0.717) is 5.92 Å². The van der Waals surface area contributed by atoms with Crippen molar-refractivity contribution in [3.63, 3.8) is 0 Å². The van der Waals surface area contributed by atoms with Crippen molar-refractivity contribution in [3.8, 4) is 5.75 Å². The summed E-state index contributed by atoms with van der Waals surface area (Å²) in [6.45, 7) is 8.06. The van der Waals surface area contributed by atoms with Crippen LogP contribution in [0, 0.1) is 0 Å². The molecule has 1 heterocycles. The summed E-state index contributed by atoms with van der Waals surface area (Å²) in [6, 6.07) is 5.93. The van der Waals surface area contributed by atoms with Crippen LogP contribution in [0.2, 0.25) is 0 Å². The summed E-state index contributed by atoms with van der Waals surface area (Å²) in [7, 11) is 1.63. The molecule has 2 rings (SSSR count). The molecule has 0 unspecified atom stereocenters. The molecule has 20 heavy (non-hydrogen) atoms. The molecule has 3 nitrogen and oxygen atoms in total. The van der Waals surface area contributed by atoms with E-state index in [1.807, 2.05) is 17.0 Å². The average Bonchev–Trinajstić information content (AvgIpc) is 2.36. The number of anilines is 1. The fourth-order valence-electron chi connectivity index (χ4n) is 3.18. The van der Waals surface area contributed by atoms with Crippen molar-refractivity contribution in [1.82, 2.24) is 0 Å². The number of hydrogen-bond acceptors (Lipinski definition) is 2. The van der Waals surface area contributed by atoms with Crippen LogP contribution in [0.25, 0.3) is 0 Å². The van der Waals surface area contributed by atoms with Gasteiger partial charge in [0.1, 0.15) is 11.1 Å². The van der Waals surface area contributed by atoms with Gasteiger partial charge >= 0.3 is 0 Å². The summed E-state index contributed by atoms with van der Waals surface area (Å²) < 4.78 is 5.48. The Kier molecular flexibility index (Phi) is 4.01. The molecule has 4 heteroatoms. The SMILES string of the molecule is COc1cccc2c1N(C(=O)[C@@H](C)Cl)C(C)(C)C[C@H]2C. The van der Waals surface area contributed by atoms with Gasteiger partial charge in [0, 0.05) is 5.54 Å². The number of nitrogens with zero attached hydrogens (tertiary/aromatic N) is 1. The van der Waals surface area contributed by atoms with E-state index in [9.17, 15) is 4.79 Å². The molecule has 1 amide bonds. The lowest BCUT2D eigenvalue weighted by Gasteiger charge is -2.46. The van der Waals surface area contributed by atoms with Crippen molar-refractivity contribution in [1.29, 1.82) is 0 Å². The lowest BCUT2D eigenvalue weighted by atomic mass is 9.79. The molecule has 2 atom stereocenters. The van der Waals surface area contributed by atoms with Gasteiger partial charge in [0.05, 0.1) is 12.8 Å². The van der Waals surface area contributed by atoms with E-state index >= 15 is 0 Å². The van der Waals surface area contributed by atoms with Gasteiger partial charge in [0.15, 0.2) is 0 Å². The van der Waals surface area contributed by atoms with Crippen LogP contribution in [0.5, 0.6) is 5.75 Å². The largest absolute Gasteiger partial charge is 0.495 e. The van der Waals surface area contributed by atoms with Crippen molar-refractivity contribution >= 4 is 23.2 Å². The highest BCUT2D eigenvalue weighted by Gasteiger charge is 2.42. The molecule has 0 saturated heterocycles. The molecule has 1 aliphatic rings. The third-order valence-electron chi connectivity index (χ3n) is 3.98. The lowest BCUT2D eigenvalue weighted by Crippen LogP contribution is -2.53. The molecule has 0 spiro atoms. The second kappa shape index (κ2) is 5.28. The zero-order chi connectivity index (χ0) is 15.1. The zero-order valence-electron chi connectivity index (χ0n) is 12.7. The molecule has 0 bridgehead atoms. The van der Waals surface area contributed by atoms with Crippen LogP contribution in [0.3, 0.4) is 0 Å². The number of para-hydroxylation sites is 1. The predicted molar refractivity (Wildman–Crippen MR) is 82.9 cm³/mol. The van der Waals surface area contributed by atoms with Gasteiger partial charge in [-0.3, -0.25) is 4.79 Å². The maximum Gasteiger partial charge on any atom is 0.245 e. The molecule has 0 aromatic heterocycles. The summed E-state index contributed by atoms with van der Waals surface area (Å²) in [6.07, 6.45) is 0.905. The highest BCUT2D eigenvalue weighted by Crippen LogP contribution is 2.48. The van der Waals surface area contributed by atoms with Gasteiger partial charge in [-0.2, -0.15) is 0 Å². The minimum Gasteiger partial charge on any atom is -0.495 e. The molecular formula is C16H22ClNO2. The molecule has 0 aliphatic carbocycles. The molecule has 110 valence electrons. The number of benzene rings is 1. The van der Waals surface area contributed by atoms with Crippen molar-refractivity contribution < 1.29 is 9.53 Å². The second-order valence-electron chi connectivity index (χ2n) is 6.11. The van der Waals surface area contributed by atoms with Crippen molar-refractivity contribution in [2.75, 3.05) is 12.0 Å². The number of rotatable bonds is 2. The van der Waals surface area contributed by atoms with E-state index in [1.54, 1.807) is 14.0 Å². The third-order valence-corrected chi connectivity index (χ3v) is 4.16. The molecule has 0 fully saturated rings. The molecule has 1 aromatic carbocycles. The normalized spacial score (nSPS) is 22.1. The fraction of sp³-hybridized carbons (Fsp3) is 0.562. The Balaban J connectivity index is 2.66.